The first kappa shape index (κ1) is 24.3. The normalized spacial score (nSPS) is 13.9. The molecule has 2 aromatic carbocycles. The fourth-order valence-corrected chi connectivity index (χ4v) is 4.37. The lowest BCUT2D eigenvalue weighted by Crippen LogP contribution is -2.53. The summed E-state index contributed by atoms with van der Waals surface area (Å²) in [5.74, 6) is 0.185. The van der Waals surface area contributed by atoms with Crippen LogP contribution in [0, 0.1) is 5.92 Å². The molecule has 1 aliphatic rings. The molecule has 0 spiro atoms. The maximum atomic E-state index is 13.3. The Morgan fingerprint density at radius 3 is 2.46 bits per heavy atom. The minimum absolute atomic E-state index is 0.119. The Bertz CT molecular complexity index is 1320. The Balaban J connectivity index is 1.50. The average molecular weight is 479 g/mol. The van der Waals surface area contributed by atoms with Crippen LogP contribution in [0.15, 0.2) is 47.5 Å². The Morgan fingerprint density at radius 2 is 1.77 bits per heavy atom. The lowest BCUT2D eigenvalue weighted by molar-refractivity contribution is -0.138. The number of amides is 2. The molecule has 1 aliphatic heterocycles. The van der Waals surface area contributed by atoms with E-state index in [0.717, 1.165) is 12.0 Å². The SMILES string of the molecule is COc1cc2ncn(CC(=O)NC(C(=O)N3CCc4ccccc4C3)C(C)C)c(=O)c2cc1OC. The first-order valence-electron chi connectivity index (χ1n) is 11.6. The van der Waals surface area contributed by atoms with Crippen molar-refractivity contribution < 1.29 is 19.1 Å². The maximum Gasteiger partial charge on any atom is 0.261 e. The van der Waals surface area contributed by atoms with E-state index >= 15 is 0 Å². The van der Waals surface area contributed by atoms with Crippen molar-refractivity contribution in [2.24, 2.45) is 5.92 Å². The number of rotatable bonds is 7. The number of fused-ring (bicyclic) bond motifs is 2. The monoisotopic (exact) mass is 478 g/mol. The quantitative estimate of drug-likeness (QED) is 0.558. The van der Waals surface area contributed by atoms with Gasteiger partial charge in [0.1, 0.15) is 12.6 Å². The predicted molar refractivity (Wildman–Crippen MR) is 131 cm³/mol. The number of carbonyl (C=O) groups is 2. The molecular weight excluding hydrogens is 448 g/mol. The van der Waals surface area contributed by atoms with Crippen LogP contribution in [-0.2, 0) is 29.1 Å². The van der Waals surface area contributed by atoms with Crippen LogP contribution in [0.3, 0.4) is 0 Å². The van der Waals surface area contributed by atoms with E-state index in [9.17, 15) is 14.4 Å². The molecule has 184 valence electrons. The summed E-state index contributed by atoms with van der Waals surface area (Å²) in [6, 6.07) is 10.6. The molecule has 1 aromatic heterocycles. The van der Waals surface area contributed by atoms with Gasteiger partial charge in [-0.05, 0) is 29.5 Å². The molecule has 0 saturated heterocycles. The van der Waals surface area contributed by atoms with E-state index in [-0.39, 0.29) is 23.9 Å². The van der Waals surface area contributed by atoms with Gasteiger partial charge < -0.3 is 19.7 Å². The zero-order chi connectivity index (χ0) is 25.1. The van der Waals surface area contributed by atoms with Crippen molar-refractivity contribution in [3.63, 3.8) is 0 Å². The van der Waals surface area contributed by atoms with Crippen LogP contribution in [0.25, 0.3) is 10.9 Å². The van der Waals surface area contributed by atoms with Crippen LogP contribution in [0.5, 0.6) is 11.5 Å². The van der Waals surface area contributed by atoms with Crippen LogP contribution < -0.4 is 20.3 Å². The van der Waals surface area contributed by atoms with E-state index in [1.807, 2.05) is 32.0 Å². The molecule has 0 bridgehead atoms. The van der Waals surface area contributed by atoms with E-state index < -0.39 is 11.9 Å². The highest BCUT2D eigenvalue weighted by Gasteiger charge is 2.30. The summed E-state index contributed by atoms with van der Waals surface area (Å²) in [7, 11) is 2.99. The number of benzene rings is 2. The molecule has 0 radical (unpaired) electrons. The molecule has 1 atom stereocenters. The summed E-state index contributed by atoms with van der Waals surface area (Å²) >= 11 is 0. The summed E-state index contributed by atoms with van der Waals surface area (Å²) in [4.78, 5) is 45.3. The fraction of sp³-hybridized carbons (Fsp3) is 0.385. The molecule has 1 unspecified atom stereocenters. The maximum absolute atomic E-state index is 13.3. The standard InChI is InChI=1S/C26H30N4O5/c1-16(2)24(26(33)29-10-9-17-7-5-6-8-18(17)13-29)28-23(31)14-30-15-27-20-12-22(35-4)21(34-3)11-19(20)25(30)32/h5-8,11-12,15-16,24H,9-10,13-14H2,1-4H3,(H,28,31). The first-order valence-corrected chi connectivity index (χ1v) is 11.6. The molecular formula is C26H30N4O5. The third kappa shape index (κ3) is 4.99. The van der Waals surface area contributed by atoms with Crippen molar-refractivity contribution in [1.29, 1.82) is 0 Å². The summed E-state index contributed by atoms with van der Waals surface area (Å²) in [6.45, 7) is 4.66. The smallest absolute Gasteiger partial charge is 0.261 e. The lowest BCUT2D eigenvalue weighted by Gasteiger charge is -2.33. The van der Waals surface area contributed by atoms with Gasteiger partial charge in [0, 0.05) is 19.2 Å². The van der Waals surface area contributed by atoms with Gasteiger partial charge in [-0.2, -0.15) is 0 Å². The molecule has 0 saturated carbocycles. The van der Waals surface area contributed by atoms with E-state index in [1.165, 1.54) is 30.7 Å². The topological polar surface area (TPSA) is 103 Å². The third-order valence-corrected chi connectivity index (χ3v) is 6.33. The Labute approximate surface area is 203 Å². The number of ether oxygens (including phenoxy) is 2. The van der Waals surface area contributed by atoms with Crippen LogP contribution in [0.1, 0.15) is 25.0 Å². The van der Waals surface area contributed by atoms with Gasteiger partial charge in [-0.3, -0.25) is 19.0 Å². The Morgan fingerprint density at radius 1 is 1.09 bits per heavy atom. The van der Waals surface area contributed by atoms with Crippen molar-refractivity contribution >= 4 is 22.7 Å². The molecule has 2 heterocycles. The minimum Gasteiger partial charge on any atom is -0.493 e. The van der Waals surface area contributed by atoms with Gasteiger partial charge in [-0.1, -0.05) is 38.1 Å². The highest BCUT2D eigenvalue weighted by atomic mass is 16.5. The molecule has 2 amide bonds. The number of nitrogens with one attached hydrogen (secondary N) is 1. The number of hydrogen-bond donors (Lipinski definition) is 1. The second-order valence-corrected chi connectivity index (χ2v) is 8.97. The van der Waals surface area contributed by atoms with Gasteiger partial charge in [-0.15, -0.1) is 0 Å². The third-order valence-electron chi connectivity index (χ3n) is 6.33. The van der Waals surface area contributed by atoms with E-state index in [4.69, 9.17) is 9.47 Å². The van der Waals surface area contributed by atoms with Crippen molar-refractivity contribution in [3.05, 3.63) is 64.2 Å². The Kier molecular flexibility index (Phi) is 7.04. The number of nitrogens with zero attached hydrogens (tertiary/aromatic N) is 3. The minimum atomic E-state index is -0.693. The molecule has 9 heteroatoms. The van der Waals surface area contributed by atoms with Gasteiger partial charge in [0.25, 0.3) is 5.56 Å². The summed E-state index contributed by atoms with van der Waals surface area (Å²) in [6.07, 6.45) is 2.11. The molecule has 4 rings (SSSR count). The number of methoxy groups -OCH3 is 2. The molecule has 0 fully saturated rings. The summed E-state index contributed by atoms with van der Waals surface area (Å²) < 4.78 is 11.8. The average Bonchev–Trinajstić information content (AvgIpc) is 2.87. The van der Waals surface area contributed by atoms with Gasteiger partial charge >= 0.3 is 0 Å². The predicted octanol–water partition coefficient (Wildman–Crippen LogP) is 2.14. The summed E-state index contributed by atoms with van der Waals surface area (Å²) in [5, 5.41) is 3.15. The van der Waals surface area contributed by atoms with Crippen LogP contribution in [0.4, 0.5) is 0 Å². The van der Waals surface area contributed by atoms with Gasteiger partial charge in [0.05, 0.1) is 31.4 Å². The molecule has 3 aromatic rings. The second kappa shape index (κ2) is 10.2. The number of aromatic nitrogens is 2. The lowest BCUT2D eigenvalue weighted by atomic mass is 9.97. The zero-order valence-corrected chi connectivity index (χ0v) is 20.4. The van der Waals surface area contributed by atoms with Crippen LogP contribution in [-0.4, -0.2) is 53.1 Å². The summed E-state index contributed by atoms with van der Waals surface area (Å²) in [5.41, 5.74) is 2.43. The Hall–Kier alpha value is -3.88. The molecule has 1 N–H and O–H groups in total. The molecule has 35 heavy (non-hydrogen) atoms. The second-order valence-electron chi connectivity index (χ2n) is 8.97. The molecule has 0 aliphatic carbocycles. The first-order chi connectivity index (χ1) is 16.8. The molecule has 9 nitrogen and oxygen atoms in total. The van der Waals surface area contributed by atoms with Crippen molar-refractivity contribution in [3.8, 4) is 11.5 Å². The zero-order valence-electron chi connectivity index (χ0n) is 20.4. The van der Waals surface area contributed by atoms with E-state index in [1.54, 1.807) is 17.0 Å². The fourth-order valence-electron chi connectivity index (χ4n) is 4.37. The van der Waals surface area contributed by atoms with Crippen molar-refractivity contribution in [2.45, 2.75) is 39.4 Å². The van der Waals surface area contributed by atoms with Crippen molar-refractivity contribution in [2.75, 3.05) is 20.8 Å². The van der Waals surface area contributed by atoms with E-state index in [2.05, 4.69) is 16.4 Å². The largest absolute Gasteiger partial charge is 0.493 e. The van der Waals surface area contributed by atoms with Gasteiger partial charge in [-0.25, -0.2) is 4.98 Å². The number of carbonyl (C=O) groups excluding carboxylic acids is 2. The van der Waals surface area contributed by atoms with Gasteiger partial charge in [0.15, 0.2) is 11.5 Å². The van der Waals surface area contributed by atoms with Crippen LogP contribution in [0.2, 0.25) is 0 Å². The number of hydrogen-bond acceptors (Lipinski definition) is 6. The van der Waals surface area contributed by atoms with Gasteiger partial charge in [0.2, 0.25) is 11.8 Å². The highest BCUT2D eigenvalue weighted by Crippen LogP contribution is 2.29. The van der Waals surface area contributed by atoms with Crippen LogP contribution >= 0.6 is 0 Å². The van der Waals surface area contributed by atoms with E-state index in [0.29, 0.717) is 35.5 Å². The highest BCUT2D eigenvalue weighted by molar-refractivity contribution is 5.88. The van der Waals surface area contributed by atoms with Crippen molar-refractivity contribution in [1.82, 2.24) is 19.8 Å².